The molecule has 0 saturated heterocycles. The standard InChI is InChI=1S/C45H53BN2O3.C38H45N2O.C7H6O/c1-7-9-29-47-39-17-13-11-15-37(39)44(3,4)42(47)27-22-33-21-26-41(51-32-34-19-24-36(25-20-34)46(49)50)35(31-33)23-28-43-45(5,6)38-16-12-14-18-40(38)48(43)30-10-8-2;1-7-9-25-39-32-17-13-11-15-30(32)37(3,4)35(39)23-20-28-19-22-34(41)29(27-28)21-24-36-38(5,6)31-16-12-14-18-33(31)40(36)26-10-8-2;1-6-2-4-7(8)5-3-6/h11-28,31,49-50H,7-10,29-30,32H2,1-6H3;11-24,27H,7-10,25-26H2,1-6H3;2-5H,1H2/q+2;+1;/b27-22+,28-23+;;. The van der Waals surface area contributed by atoms with Crippen LogP contribution in [-0.2, 0) is 37.9 Å². The third kappa shape index (κ3) is 16.1. The maximum Gasteiger partial charge on any atom is 0.488 e. The van der Waals surface area contributed by atoms with Crippen LogP contribution in [0.1, 0.15) is 173 Å². The number of carbonyl (C=O) groups is 2. The first-order valence-corrected chi connectivity index (χ1v) is 36.4. The number of hydrogen-bond donors (Lipinski definition) is 2. The Morgan fingerprint density at radius 1 is 0.500 bits per heavy atom. The summed E-state index contributed by atoms with van der Waals surface area (Å²) in [5.74, 6) is 0.894. The number of para-hydroxylation sites is 4. The van der Waals surface area contributed by atoms with E-state index in [1.807, 2.05) is 30.4 Å². The van der Waals surface area contributed by atoms with Gasteiger partial charge >= 0.3 is 7.12 Å². The number of rotatable bonds is 23. The second-order valence-electron chi connectivity index (χ2n) is 29.1. The zero-order chi connectivity index (χ0) is 71.4. The van der Waals surface area contributed by atoms with Crippen molar-refractivity contribution in [1.82, 2.24) is 0 Å². The van der Waals surface area contributed by atoms with Crippen molar-refractivity contribution in [2.45, 2.75) is 163 Å². The number of fused-ring (bicyclic) bond motifs is 4. The fraction of sp³-hybridized carbons (Fsp3) is 0.322. The van der Waals surface area contributed by atoms with Gasteiger partial charge in [-0.25, -0.2) is 0 Å². The summed E-state index contributed by atoms with van der Waals surface area (Å²) < 4.78 is 14.0. The van der Waals surface area contributed by atoms with Crippen molar-refractivity contribution in [2.75, 3.05) is 31.1 Å². The van der Waals surface area contributed by atoms with Gasteiger partial charge in [0.15, 0.2) is 28.7 Å². The molecule has 0 fully saturated rings. The Morgan fingerprint density at radius 2 is 0.980 bits per heavy atom. The lowest BCUT2D eigenvalue weighted by Gasteiger charge is -2.27. The monoisotopic (exact) mass is 1330 g/mol. The molecule has 10 heteroatoms. The number of hydrogen-bond acceptors (Lipinski definition) is 6. The Morgan fingerprint density at radius 3 is 1.48 bits per heavy atom. The van der Waals surface area contributed by atoms with E-state index < -0.39 is 7.12 Å². The molecule has 0 saturated carbocycles. The van der Waals surface area contributed by atoms with Crippen molar-refractivity contribution in [1.29, 1.82) is 0 Å². The minimum absolute atomic E-state index is 0.0393. The molecule has 0 atom stereocenters. The summed E-state index contributed by atoms with van der Waals surface area (Å²) in [7, 11) is -1.49. The second-order valence-corrected chi connectivity index (χ2v) is 29.1. The maximum atomic E-state index is 13.0. The van der Waals surface area contributed by atoms with Gasteiger partial charge in [-0.15, -0.1) is 0 Å². The van der Waals surface area contributed by atoms with Gasteiger partial charge in [-0.3, -0.25) is 9.59 Å². The average Bonchev–Trinajstić information content (AvgIpc) is 1.62. The number of unbranched alkanes of at least 4 members (excludes halogenated alkanes) is 4. The maximum absolute atomic E-state index is 13.0. The van der Waals surface area contributed by atoms with Crippen LogP contribution in [0.4, 0.5) is 22.7 Å². The van der Waals surface area contributed by atoms with Crippen LogP contribution in [0.25, 0.3) is 12.2 Å². The summed E-state index contributed by atoms with van der Waals surface area (Å²) in [5.41, 5.74) is 21.6. The molecule has 4 heterocycles. The summed E-state index contributed by atoms with van der Waals surface area (Å²) in [6.07, 6.45) is 38.9. The van der Waals surface area contributed by atoms with Gasteiger partial charge in [-0.05, 0) is 154 Å². The lowest BCUT2D eigenvalue weighted by molar-refractivity contribution is -0.438. The summed E-state index contributed by atoms with van der Waals surface area (Å²) in [4.78, 5) is 25.8. The van der Waals surface area contributed by atoms with Crippen molar-refractivity contribution in [3.63, 3.8) is 0 Å². The van der Waals surface area contributed by atoms with Crippen molar-refractivity contribution < 1.29 is 38.1 Å². The van der Waals surface area contributed by atoms with E-state index in [4.69, 9.17) is 4.74 Å². The molecule has 514 valence electrons. The molecular weight excluding hydrogens is 1230 g/mol. The first-order chi connectivity index (χ1) is 48.0. The van der Waals surface area contributed by atoms with E-state index in [0.29, 0.717) is 12.1 Å². The normalized spacial score (nSPS) is 18.1. The van der Waals surface area contributed by atoms with Gasteiger partial charge < -0.3 is 19.7 Å². The van der Waals surface area contributed by atoms with Gasteiger partial charge in [-0.2, -0.15) is 13.7 Å². The molecule has 0 amide bonds. The number of allylic oxidation sites excluding steroid dienone is 17. The molecule has 0 radical (unpaired) electrons. The van der Waals surface area contributed by atoms with E-state index in [2.05, 4.69) is 266 Å². The van der Waals surface area contributed by atoms with Gasteiger partial charge in [-0.1, -0.05) is 195 Å². The van der Waals surface area contributed by atoms with E-state index in [1.165, 1.54) is 80.0 Å². The highest BCUT2D eigenvalue weighted by Gasteiger charge is 2.47. The Labute approximate surface area is 596 Å². The van der Waals surface area contributed by atoms with Crippen LogP contribution in [0, 0.1) is 0 Å². The Balaban J connectivity index is 0.000000197. The summed E-state index contributed by atoms with van der Waals surface area (Å²) in [5, 5.41) is 19.1. The first-order valence-electron chi connectivity index (χ1n) is 36.4. The van der Waals surface area contributed by atoms with Crippen molar-refractivity contribution in [2.24, 2.45) is 0 Å². The lowest BCUT2D eigenvalue weighted by atomic mass is 9.80. The highest BCUT2D eigenvalue weighted by molar-refractivity contribution is 6.58. The zero-order valence-corrected chi connectivity index (χ0v) is 61.3. The highest BCUT2D eigenvalue weighted by Crippen LogP contribution is 2.48. The van der Waals surface area contributed by atoms with E-state index in [-0.39, 0.29) is 33.2 Å². The topological polar surface area (TPSA) is 96.1 Å². The largest absolute Gasteiger partial charge is 0.488 e. The van der Waals surface area contributed by atoms with E-state index >= 15 is 0 Å². The summed E-state index contributed by atoms with van der Waals surface area (Å²) in [6.45, 7) is 35.5. The number of nitrogens with zero attached hydrogens (tertiary/aromatic N) is 4. The predicted octanol–water partition coefficient (Wildman–Crippen LogP) is 18.9. The summed E-state index contributed by atoms with van der Waals surface area (Å²) >= 11 is 0. The van der Waals surface area contributed by atoms with Crippen molar-refractivity contribution in [3.8, 4) is 5.75 Å². The third-order valence-corrected chi connectivity index (χ3v) is 20.5. The van der Waals surface area contributed by atoms with Crippen LogP contribution in [0.3, 0.4) is 0 Å². The van der Waals surface area contributed by atoms with Crippen molar-refractivity contribution >= 4 is 76.2 Å². The zero-order valence-electron chi connectivity index (χ0n) is 61.3. The van der Waals surface area contributed by atoms with E-state index in [9.17, 15) is 19.6 Å². The Kier molecular flexibility index (Phi) is 23.7. The molecule has 4 aliphatic heterocycles. The molecule has 0 aromatic heterocycles. The second kappa shape index (κ2) is 32.3. The highest BCUT2D eigenvalue weighted by atomic mass is 16.5. The quantitative estimate of drug-likeness (QED) is 0.0377. The van der Waals surface area contributed by atoms with Gasteiger partial charge in [0.05, 0.1) is 16.2 Å². The molecular formula is C90H104BN4O5+3. The molecule has 2 N–H and O–H groups in total. The van der Waals surface area contributed by atoms with Crippen molar-refractivity contribution in [3.05, 3.63) is 286 Å². The minimum atomic E-state index is -1.49. The fourth-order valence-corrected chi connectivity index (χ4v) is 14.6. The molecule has 6 aliphatic rings. The smallest absolute Gasteiger partial charge is 0.488 e. The lowest BCUT2D eigenvalue weighted by Crippen LogP contribution is -2.29. The molecule has 0 bridgehead atoms. The number of ether oxygens (including phenoxy) is 1. The van der Waals surface area contributed by atoms with E-state index in [1.54, 1.807) is 30.4 Å². The number of anilines is 1. The number of carbonyl (C=O) groups excluding carboxylic acids is 2. The number of ketones is 2. The Hall–Kier alpha value is -9.35. The molecule has 6 aromatic carbocycles. The molecule has 6 aromatic rings. The number of benzene rings is 6. The van der Waals surface area contributed by atoms with Crippen LogP contribution in [0.15, 0.2) is 248 Å². The van der Waals surface area contributed by atoms with Gasteiger partial charge in [0.2, 0.25) is 17.1 Å². The third-order valence-electron chi connectivity index (χ3n) is 20.5. The molecule has 0 unspecified atom stereocenters. The molecule has 9 nitrogen and oxygen atoms in total. The molecule has 0 spiro atoms. The summed E-state index contributed by atoms with van der Waals surface area (Å²) in [6, 6.07) is 48.8. The first kappa shape index (κ1) is 73.4. The van der Waals surface area contributed by atoms with Gasteiger partial charge in [0.1, 0.15) is 32.0 Å². The average molecular weight is 1330 g/mol. The minimum Gasteiger partial charge on any atom is -0.488 e. The van der Waals surface area contributed by atoms with Crippen LogP contribution in [-0.4, -0.2) is 85.8 Å². The van der Waals surface area contributed by atoms with Crippen LogP contribution in [0.2, 0.25) is 0 Å². The van der Waals surface area contributed by atoms with E-state index in [0.717, 1.165) is 117 Å². The Bertz CT molecular complexity index is 4410. The van der Waals surface area contributed by atoms with Gasteiger partial charge in [0, 0.05) is 107 Å². The van der Waals surface area contributed by atoms with Crippen LogP contribution >= 0.6 is 0 Å². The van der Waals surface area contributed by atoms with Crippen LogP contribution < -0.4 is 15.1 Å². The molecule has 100 heavy (non-hydrogen) atoms. The molecule has 2 aliphatic carbocycles. The molecule has 12 rings (SSSR count). The fourth-order valence-electron chi connectivity index (χ4n) is 14.6. The predicted molar refractivity (Wildman–Crippen MR) is 419 cm³/mol. The van der Waals surface area contributed by atoms with Gasteiger partial charge in [0.25, 0.3) is 0 Å². The van der Waals surface area contributed by atoms with Crippen LogP contribution in [0.5, 0.6) is 5.75 Å². The SMILES string of the molecule is C=C1C=CC(=O)C=C1.CCCCN1C(=CC=C2C=C(C=CC3=[N+](CCCC)c4ccccc4C3(C)C)C=CC2=O)C(C)(C)c2ccccc21.CCCC[N+]1=C(/C=C/c2ccc(OCc3ccc(B(O)O)cc3)c(/C=C/C3=[N+](CCCC)c4ccccc4C3(C)C)c2)C(C)(C)c2ccccc21.